The molecule has 0 aromatic heterocycles. The monoisotopic (exact) mass is 202 g/mol. The van der Waals surface area contributed by atoms with Crippen molar-refractivity contribution in [3.63, 3.8) is 0 Å². The smallest absolute Gasteiger partial charge is 0.0623 e. The van der Waals surface area contributed by atoms with Crippen molar-refractivity contribution < 1.29 is 9.84 Å². The van der Waals surface area contributed by atoms with Crippen LogP contribution in [0.2, 0.25) is 0 Å². The Hall–Kier alpha value is -0.0800. The predicted molar refractivity (Wildman–Crippen MR) is 60.4 cm³/mol. The Morgan fingerprint density at radius 2 is 1.86 bits per heavy atom. The largest absolute Gasteiger partial charge is 0.393 e. The standard InChI is InChI=1S/C12H26O2/c1-6-7-10(2)11(13)8-9-12(3,4)14-5/h10-11,13H,6-9H2,1-5H3. The lowest BCUT2D eigenvalue weighted by molar-refractivity contribution is -0.00350. The van der Waals surface area contributed by atoms with E-state index >= 15 is 0 Å². The summed E-state index contributed by atoms with van der Waals surface area (Å²) in [5.74, 6) is 0.410. The molecule has 0 rings (SSSR count). The van der Waals surface area contributed by atoms with Gasteiger partial charge >= 0.3 is 0 Å². The number of methoxy groups -OCH3 is 1. The van der Waals surface area contributed by atoms with Crippen molar-refractivity contribution in [2.45, 2.75) is 65.1 Å². The van der Waals surface area contributed by atoms with Gasteiger partial charge in [-0.05, 0) is 39.0 Å². The van der Waals surface area contributed by atoms with E-state index in [1.165, 1.54) is 0 Å². The molecule has 2 nitrogen and oxygen atoms in total. The van der Waals surface area contributed by atoms with Gasteiger partial charge in [0.15, 0.2) is 0 Å². The molecular formula is C12H26O2. The van der Waals surface area contributed by atoms with Crippen LogP contribution in [0.15, 0.2) is 0 Å². The minimum Gasteiger partial charge on any atom is -0.393 e. The Morgan fingerprint density at radius 3 is 2.29 bits per heavy atom. The number of aliphatic hydroxyl groups is 1. The number of ether oxygens (including phenoxy) is 1. The van der Waals surface area contributed by atoms with E-state index in [1.54, 1.807) is 7.11 Å². The minimum absolute atomic E-state index is 0.104. The van der Waals surface area contributed by atoms with Crippen LogP contribution in [0.5, 0.6) is 0 Å². The highest BCUT2D eigenvalue weighted by Crippen LogP contribution is 2.21. The van der Waals surface area contributed by atoms with Crippen LogP contribution in [0, 0.1) is 5.92 Å². The zero-order valence-corrected chi connectivity index (χ0v) is 10.3. The van der Waals surface area contributed by atoms with Crippen molar-refractivity contribution in [2.24, 2.45) is 5.92 Å². The van der Waals surface area contributed by atoms with E-state index < -0.39 is 0 Å². The fraction of sp³-hybridized carbons (Fsp3) is 1.00. The quantitative estimate of drug-likeness (QED) is 0.687. The van der Waals surface area contributed by atoms with Gasteiger partial charge in [0.05, 0.1) is 11.7 Å². The molecule has 0 aromatic carbocycles. The molecule has 0 aliphatic carbocycles. The Labute approximate surface area is 88.7 Å². The van der Waals surface area contributed by atoms with Crippen molar-refractivity contribution in [3.05, 3.63) is 0 Å². The van der Waals surface area contributed by atoms with Gasteiger partial charge in [0.25, 0.3) is 0 Å². The van der Waals surface area contributed by atoms with Gasteiger partial charge < -0.3 is 9.84 Å². The molecule has 2 unspecified atom stereocenters. The molecule has 0 spiro atoms. The van der Waals surface area contributed by atoms with Gasteiger partial charge in [-0.25, -0.2) is 0 Å². The summed E-state index contributed by atoms with van der Waals surface area (Å²) in [6.45, 7) is 8.39. The summed E-state index contributed by atoms with van der Waals surface area (Å²) in [7, 11) is 1.72. The summed E-state index contributed by atoms with van der Waals surface area (Å²) in [5.41, 5.74) is -0.104. The van der Waals surface area contributed by atoms with E-state index in [0.717, 1.165) is 25.7 Å². The van der Waals surface area contributed by atoms with E-state index in [4.69, 9.17) is 4.74 Å². The molecule has 0 saturated carbocycles. The van der Waals surface area contributed by atoms with Crippen LogP contribution in [-0.2, 0) is 4.74 Å². The average molecular weight is 202 g/mol. The summed E-state index contributed by atoms with van der Waals surface area (Å²) in [6.07, 6.45) is 3.82. The van der Waals surface area contributed by atoms with Crippen LogP contribution < -0.4 is 0 Å². The highest BCUT2D eigenvalue weighted by Gasteiger charge is 2.20. The molecule has 86 valence electrons. The van der Waals surface area contributed by atoms with Crippen molar-refractivity contribution in [1.29, 1.82) is 0 Å². The van der Waals surface area contributed by atoms with Crippen molar-refractivity contribution >= 4 is 0 Å². The van der Waals surface area contributed by atoms with E-state index in [9.17, 15) is 5.11 Å². The molecule has 0 saturated heterocycles. The van der Waals surface area contributed by atoms with E-state index in [2.05, 4.69) is 27.7 Å². The molecule has 0 aromatic rings. The number of rotatable bonds is 7. The normalized spacial score (nSPS) is 16.7. The van der Waals surface area contributed by atoms with Gasteiger partial charge in [0, 0.05) is 7.11 Å². The Kier molecular flexibility index (Phi) is 6.38. The molecule has 0 radical (unpaired) electrons. The maximum atomic E-state index is 9.85. The number of aliphatic hydroxyl groups excluding tert-OH is 1. The van der Waals surface area contributed by atoms with E-state index in [0.29, 0.717) is 5.92 Å². The molecule has 14 heavy (non-hydrogen) atoms. The van der Waals surface area contributed by atoms with Crippen LogP contribution in [0.4, 0.5) is 0 Å². The van der Waals surface area contributed by atoms with Gasteiger partial charge in [-0.1, -0.05) is 20.3 Å². The SMILES string of the molecule is CCCC(C)C(O)CCC(C)(C)OC. The zero-order valence-electron chi connectivity index (χ0n) is 10.3. The van der Waals surface area contributed by atoms with Crippen LogP contribution in [0.3, 0.4) is 0 Å². The first-order valence-electron chi connectivity index (χ1n) is 5.66. The zero-order chi connectivity index (χ0) is 11.2. The van der Waals surface area contributed by atoms with Crippen molar-refractivity contribution in [3.8, 4) is 0 Å². The van der Waals surface area contributed by atoms with Crippen LogP contribution in [0.25, 0.3) is 0 Å². The third-order valence-corrected chi connectivity index (χ3v) is 3.00. The molecular weight excluding hydrogens is 176 g/mol. The van der Waals surface area contributed by atoms with Crippen molar-refractivity contribution in [2.75, 3.05) is 7.11 Å². The molecule has 2 atom stereocenters. The second-order valence-corrected chi connectivity index (χ2v) is 4.84. The highest BCUT2D eigenvalue weighted by molar-refractivity contribution is 4.72. The van der Waals surface area contributed by atoms with Crippen molar-refractivity contribution in [1.82, 2.24) is 0 Å². The van der Waals surface area contributed by atoms with Crippen LogP contribution in [-0.4, -0.2) is 23.9 Å². The van der Waals surface area contributed by atoms with Gasteiger partial charge in [-0.15, -0.1) is 0 Å². The summed E-state index contributed by atoms with van der Waals surface area (Å²) in [6, 6.07) is 0. The fourth-order valence-electron chi connectivity index (χ4n) is 1.53. The Morgan fingerprint density at radius 1 is 1.29 bits per heavy atom. The first-order chi connectivity index (χ1) is 6.43. The molecule has 0 bridgehead atoms. The lowest BCUT2D eigenvalue weighted by Crippen LogP contribution is -2.26. The van der Waals surface area contributed by atoms with Gasteiger partial charge in [-0.3, -0.25) is 0 Å². The topological polar surface area (TPSA) is 29.5 Å². The number of hydrogen-bond donors (Lipinski definition) is 1. The summed E-state index contributed by atoms with van der Waals surface area (Å²) in [4.78, 5) is 0. The average Bonchev–Trinajstić information content (AvgIpc) is 2.15. The van der Waals surface area contributed by atoms with E-state index in [-0.39, 0.29) is 11.7 Å². The lowest BCUT2D eigenvalue weighted by atomic mass is 9.92. The van der Waals surface area contributed by atoms with Gasteiger partial charge in [-0.2, -0.15) is 0 Å². The summed E-state index contributed by atoms with van der Waals surface area (Å²) < 4.78 is 5.32. The summed E-state index contributed by atoms with van der Waals surface area (Å²) >= 11 is 0. The van der Waals surface area contributed by atoms with E-state index in [1.807, 2.05) is 0 Å². The summed E-state index contributed by atoms with van der Waals surface area (Å²) in [5, 5.41) is 9.85. The third kappa shape index (κ3) is 5.61. The minimum atomic E-state index is -0.177. The Balaban J connectivity index is 3.77. The molecule has 0 fully saturated rings. The first-order valence-corrected chi connectivity index (χ1v) is 5.66. The first kappa shape index (κ1) is 13.9. The molecule has 0 amide bonds. The highest BCUT2D eigenvalue weighted by atomic mass is 16.5. The van der Waals surface area contributed by atoms with Crippen LogP contribution in [0.1, 0.15) is 53.4 Å². The fourth-order valence-corrected chi connectivity index (χ4v) is 1.53. The Bertz CT molecular complexity index is 143. The molecule has 2 heteroatoms. The molecule has 0 aliphatic rings. The van der Waals surface area contributed by atoms with Gasteiger partial charge in [0.1, 0.15) is 0 Å². The second-order valence-electron chi connectivity index (χ2n) is 4.84. The number of hydrogen-bond acceptors (Lipinski definition) is 2. The molecule has 1 N–H and O–H groups in total. The van der Waals surface area contributed by atoms with Gasteiger partial charge in [0.2, 0.25) is 0 Å². The maximum absolute atomic E-state index is 9.85. The lowest BCUT2D eigenvalue weighted by Gasteiger charge is -2.26. The van der Waals surface area contributed by atoms with Crippen LogP contribution >= 0.6 is 0 Å². The maximum Gasteiger partial charge on any atom is 0.0623 e. The molecule has 0 heterocycles. The predicted octanol–water partition coefficient (Wildman–Crippen LogP) is 2.99. The molecule has 0 aliphatic heterocycles. The third-order valence-electron chi connectivity index (χ3n) is 3.00. The second kappa shape index (κ2) is 6.41.